The molecule has 0 amide bonds. The van der Waals surface area contributed by atoms with E-state index in [0.29, 0.717) is 13.0 Å². The fraction of sp³-hybridized carbons (Fsp3) is 0.500. The molecule has 0 radical (unpaired) electrons. The molecule has 1 aromatic rings. The van der Waals surface area contributed by atoms with Crippen molar-refractivity contribution >= 4 is 5.78 Å². The Morgan fingerprint density at radius 3 is 2.35 bits per heavy atom. The summed E-state index contributed by atoms with van der Waals surface area (Å²) in [6, 6.07) is 6.00. The first-order valence-electron chi connectivity index (χ1n) is 5.93. The summed E-state index contributed by atoms with van der Waals surface area (Å²) in [6.45, 7) is 6.12. The monoisotopic (exact) mass is 238 g/mol. The number of carbonyl (C=O) groups is 1. The maximum absolute atomic E-state index is 12.7. The second-order valence-electron chi connectivity index (χ2n) is 4.24. The number of ketones is 1. The predicted octanol–water partition coefficient (Wildman–Crippen LogP) is 3.14. The van der Waals surface area contributed by atoms with Crippen molar-refractivity contribution in [1.82, 2.24) is 0 Å². The fourth-order valence-corrected chi connectivity index (χ4v) is 1.67. The van der Waals surface area contributed by atoms with E-state index in [9.17, 15) is 9.18 Å². The van der Waals surface area contributed by atoms with Crippen LogP contribution in [0.3, 0.4) is 0 Å². The Bertz CT molecular complexity index is 372. The first-order chi connectivity index (χ1) is 8.01. The van der Waals surface area contributed by atoms with Gasteiger partial charge >= 0.3 is 0 Å². The lowest BCUT2D eigenvalue weighted by molar-refractivity contribution is -0.141. The van der Waals surface area contributed by atoms with Crippen LogP contribution in [0.1, 0.15) is 32.8 Å². The van der Waals surface area contributed by atoms with Gasteiger partial charge in [-0.2, -0.15) is 0 Å². The molecule has 3 heteroatoms. The number of benzene rings is 1. The van der Waals surface area contributed by atoms with Gasteiger partial charge in [-0.15, -0.1) is 0 Å². The summed E-state index contributed by atoms with van der Waals surface area (Å²) in [6.07, 6.45) is 0.922. The fourth-order valence-electron chi connectivity index (χ4n) is 1.67. The third-order valence-electron chi connectivity index (χ3n) is 3.01. The van der Waals surface area contributed by atoms with Crippen LogP contribution in [-0.2, 0) is 16.0 Å². The van der Waals surface area contributed by atoms with Gasteiger partial charge in [0, 0.05) is 13.0 Å². The van der Waals surface area contributed by atoms with Crippen LogP contribution in [0, 0.1) is 5.82 Å². The Balaban J connectivity index is 2.73. The van der Waals surface area contributed by atoms with Gasteiger partial charge in [0.05, 0.1) is 0 Å². The van der Waals surface area contributed by atoms with E-state index in [0.717, 1.165) is 5.56 Å². The summed E-state index contributed by atoms with van der Waals surface area (Å²) in [5, 5.41) is 0. The standard InChI is InChI=1S/C14H19FO2/c1-4-14(3,17-5-2)13(16)10-11-6-8-12(15)9-7-11/h6-9H,4-5,10H2,1-3H3. The molecule has 2 nitrogen and oxygen atoms in total. The molecule has 0 spiro atoms. The second kappa shape index (κ2) is 5.92. The summed E-state index contributed by atoms with van der Waals surface area (Å²) < 4.78 is 18.2. The highest BCUT2D eigenvalue weighted by atomic mass is 19.1. The lowest BCUT2D eigenvalue weighted by atomic mass is 9.92. The largest absolute Gasteiger partial charge is 0.368 e. The number of Topliss-reactive ketones (excluding diaryl/α,β-unsaturated/α-hetero) is 1. The van der Waals surface area contributed by atoms with Crippen molar-refractivity contribution in [2.75, 3.05) is 6.61 Å². The molecule has 0 aromatic heterocycles. The van der Waals surface area contributed by atoms with Crippen LogP contribution < -0.4 is 0 Å². The van der Waals surface area contributed by atoms with Gasteiger partial charge in [-0.05, 0) is 38.0 Å². The van der Waals surface area contributed by atoms with Gasteiger partial charge in [0.1, 0.15) is 11.4 Å². The number of halogens is 1. The summed E-state index contributed by atoms with van der Waals surface area (Å²) in [5.41, 5.74) is 0.0825. The summed E-state index contributed by atoms with van der Waals surface area (Å²) in [4.78, 5) is 12.1. The Labute approximate surface area is 102 Å². The number of hydrogen-bond acceptors (Lipinski definition) is 2. The Hall–Kier alpha value is -1.22. The van der Waals surface area contributed by atoms with Gasteiger partial charge in [0.15, 0.2) is 5.78 Å². The Kier molecular flexibility index (Phi) is 4.82. The zero-order valence-corrected chi connectivity index (χ0v) is 10.6. The number of rotatable bonds is 6. The van der Waals surface area contributed by atoms with E-state index >= 15 is 0 Å². The highest BCUT2D eigenvalue weighted by molar-refractivity contribution is 5.88. The molecular formula is C14H19FO2. The molecule has 0 aliphatic carbocycles. The Morgan fingerprint density at radius 2 is 1.88 bits per heavy atom. The van der Waals surface area contributed by atoms with Gasteiger partial charge in [0.2, 0.25) is 0 Å². The number of ether oxygens (including phenoxy) is 1. The van der Waals surface area contributed by atoms with Gasteiger partial charge in [-0.1, -0.05) is 19.1 Å². The van der Waals surface area contributed by atoms with Crippen molar-refractivity contribution in [2.45, 2.75) is 39.2 Å². The summed E-state index contributed by atoms with van der Waals surface area (Å²) in [7, 11) is 0. The zero-order valence-electron chi connectivity index (χ0n) is 10.6. The number of carbonyl (C=O) groups excluding carboxylic acids is 1. The van der Waals surface area contributed by atoms with Crippen molar-refractivity contribution < 1.29 is 13.9 Å². The van der Waals surface area contributed by atoms with Crippen LogP contribution >= 0.6 is 0 Å². The molecule has 0 N–H and O–H groups in total. The third-order valence-corrected chi connectivity index (χ3v) is 3.01. The number of hydrogen-bond donors (Lipinski definition) is 0. The average Bonchev–Trinajstić information content (AvgIpc) is 2.32. The van der Waals surface area contributed by atoms with E-state index in [4.69, 9.17) is 4.74 Å². The van der Waals surface area contributed by atoms with Crippen LogP contribution in [0.5, 0.6) is 0 Å². The zero-order chi connectivity index (χ0) is 12.9. The van der Waals surface area contributed by atoms with Gasteiger partial charge in [-0.25, -0.2) is 4.39 Å². The lowest BCUT2D eigenvalue weighted by Crippen LogP contribution is -2.39. The molecule has 0 saturated heterocycles. The molecule has 1 aromatic carbocycles. The summed E-state index contributed by atoms with van der Waals surface area (Å²) >= 11 is 0. The quantitative estimate of drug-likeness (QED) is 0.761. The van der Waals surface area contributed by atoms with Crippen molar-refractivity contribution in [1.29, 1.82) is 0 Å². The van der Waals surface area contributed by atoms with E-state index in [1.54, 1.807) is 12.1 Å². The molecule has 1 atom stereocenters. The predicted molar refractivity (Wildman–Crippen MR) is 65.4 cm³/mol. The van der Waals surface area contributed by atoms with Crippen molar-refractivity contribution in [3.05, 3.63) is 35.6 Å². The third kappa shape index (κ3) is 3.63. The highest BCUT2D eigenvalue weighted by Gasteiger charge is 2.31. The van der Waals surface area contributed by atoms with E-state index in [1.807, 2.05) is 20.8 Å². The molecule has 0 heterocycles. The SMILES string of the molecule is CCOC(C)(CC)C(=O)Cc1ccc(F)cc1. The molecule has 0 fully saturated rings. The van der Waals surface area contributed by atoms with E-state index in [2.05, 4.69) is 0 Å². The van der Waals surface area contributed by atoms with E-state index in [1.165, 1.54) is 12.1 Å². The molecule has 0 bridgehead atoms. The molecule has 1 rings (SSSR count). The first kappa shape index (κ1) is 13.8. The minimum atomic E-state index is -0.733. The van der Waals surface area contributed by atoms with Crippen molar-refractivity contribution in [3.63, 3.8) is 0 Å². The molecule has 1 unspecified atom stereocenters. The van der Waals surface area contributed by atoms with Crippen LogP contribution in [0.25, 0.3) is 0 Å². The molecule has 0 aliphatic rings. The van der Waals surface area contributed by atoms with Gasteiger partial charge in [0.25, 0.3) is 0 Å². The van der Waals surface area contributed by atoms with Gasteiger partial charge < -0.3 is 4.74 Å². The van der Waals surface area contributed by atoms with Crippen molar-refractivity contribution in [3.8, 4) is 0 Å². The molecular weight excluding hydrogens is 219 g/mol. The molecule has 94 valence electrons. The molecule has 0 saturated carbocycles. The highest BCUT2D eigenvalue weighted by Crippen LogP contribution is 2.19. The lowest BCUT2D eigenvalue weighted by Gasteiger charge is -2.26. The average molecular weight is 238 g/mol. The molecule has 0 aliphatic heterocycles. The van der Waals surface area contributed by atoms with Crippen molar-refractivity contribution in [2.24, 2.45) is 0 Å². The summed E-state index contributed by atoms with van der Waals surface area (Å²) in [5.74, 6) is -0.252. The van der Waals surface area contributed by atoms with E-state index in [-0.39, 0.29) is 18.0 Å². The van der Waals surface area contributed by atoms with Crippen LogP contribution in [0.4, 0.5) is 4.39 Å². The van der Waals surface area contributed by atoms with E-state index < -0.39 is 5.60 Å². The minimum Gasteiger partial charge on any atom is -0.368 e. The van der Waals surface area contributed by atoms with Crippen LogP contribution in [0.2, 0.25) is 0 Å². The topological polar surface area (TPSA) is 26.3 Å². The maximum Gasteiger partial charge on any atom is 0.168 e. The first-order valence-corrected chi connectivity index (χ1v) is 5.93. The smallest absolute Gasteiger partial charge is 0.168 e. The minimum absolute atomic E-state index is 0.0356. The second-order valence-corrected chi connectivity index (χ2v) is 4.24. The molecule has 17 heavy (non-hydrogen) atoms. The Morgan fingerprint density at radius 1 is 1.29 bits per heavy atom. The normalized spacial score (nSPS) is 14.4. The maximum atomic E-state index is 12.7. The van der Waals surface area contributed by atoms with Crippen LogP contribution in [-0.4, -0.2) is 18.0 Å². The van der Waals surface area contributed by atoms with Gasteiger partial charge in [-0.3, -0.25) is 4.79 Å². The van der Waals surface area contributed by atoms with Crippen LogP contribution in [0.15, 0.2) is 24.3 Å².